The molecule has 0 aliphatic carbocycles. The molecule has 1 unspecified atom stereocenters. The Hall–Kier alpha value is -1.84. The van der Waals surface area contributed by atoms with Gasteiger partial charge in [0.25, 0.3) is 0 Å². The fraction of sp³-hybridized carbons (Fsp3) is 0.600. The summed E-state index contributed by atoms with van der Waals surface area (Å²) < 4.78 is 5.53. The third-order valence-corrected chi connectivity index (χ3v) is 4.06. The fourth-order valence-corrected chi connectivity index (χ4v) is 2.54. The van der Waals surface area contributed by atoms with Gasteiger partial charge in [0.15, 0.2) is 11.9 Å². The first kappa shape index (κ1) is 20.2. The zero-order valence-electron chi connectivity index (χ0n) is 14.9. The van der Waals surface area contributed by atoms with Crippen LogP contribution in [-0.2, 0) is 4.79 Å². The van der Waals surface area contributed by atoms with E-state index in [0.717, 1.165) is 25.7 Å². The van der Waals surface area contributed by atoms with E-state index in [4.69, 9.17) is 4.74 Å². The molecular formula is C20H30O4. The van der Waals surface area contributed by atoms with Crippen molar-refractivity contribution >= 4 is 11.8 Å². The molecule has 134 valence electrons. The minimum absolute atomic E-state index is 0.138. The second-order valence-corrected chi connectivity index (χ2v) is 6.20. The number of aliphatic carboxylic acids is 1. The van der Waals surface area contributed by atoms with Crippen LogP contribution in [0.4, 0.5) is 0 Å². The number of carboxylic acid groups (broad SMARTS) is 1. The predicted octanol–water partition coefficient (Wildman–Crippen LogP) is 5.25. The second kappa shape index (κ2) is 11.7. The molecule has 0 aliphatic rings. The summed E-state index contributed by atoms with van der Waals surface area (Å²) in [6.45, 7) is 4.19. The number of benzene rings is 1. The number of ketones is 1. The highest BCUT2D eigenvalue weighted by Crippen LogP contribution is 2.18. The standard InChI is InChI=1S/C20H30O4/c1-3-5-7-8-9-10-18(21)16-12-14-17(15-13-16)24-19(20(22)23)11-6-4-2/h12-15,19H,3-11H2,1-2H3,(H,22,23). The van der Waals surface area contributed by atoms with Crippen molar-refractivity contribution in [2.24, 2.45) is 0 Å². The van der Waals surface area contributed by atoms with Gasteiger partial charge in [0, 0.05) is 12.0 Å². The Labute approximate surface area is 145 Å². The molecule has 0 aromatic heterocycles. The Morgan fingerprint density at radius 1 is 0.958 bits per heavy atom. The highest BCUT2D eigenvalue weighted by atomic mass is 16.5. The molecule has 0 bridgehead atoms. The molecule has 4 nitrogen and oxygen atoms in total. The number of rotatable bonds is 13. The zero-order chi connectivity index (χ0) is 17.8. The van der Waals surface area contributed by atoms with Gasteiger partial charge < -0.3 is 9.84 Å². The van der Waals surface area contributed by atoms with Crippen LogP contribution in [0.2, 0.25) is 0 Å². The van der Waals surface area contributed by atoms with Crippen LogP contribution in [-0.4, -0.2) is 23.0 Å². The maximum Gasteiger partial charge on any atom is 0.344 e. The van der Waals surface area contributed by atoms with E-state index in [1.807, 2.05) is 6.92 Å². The van der Waals surface area contributed by atoms with Crippen molar-refractivity contribution in [2.45, 2.75) is 77.7 Å². The maximum absolute atomic E-state index is 12.1. The first-order valence-electron chi connectivity index (χ1n) is 9.11. The van der Waals surface area contributed by atoms with Crippen molar-refractivity contribution in [2.75, 3.05) is 0 Å². The fourth-order valence-electron chi connectivity index (χ4n) is 2.54. The van der Waals surface area contributed by atoms with Crippen molar-refractivity contribution in [3.8, 4) is 5.75 Å². The van der Waals surface area contributed by atoms with E-state index in [9.17, 15) is 14.7 Å². The van der Waals surface area contributed by atoms with Crippen molar-refractivity contribution in [1.82, 2.24) is 0 Å². The number of carbonyl (C=O) groups is 2. The smallest absolute Gasteiger partial charge is 0.344 e. The molecule has 0 saturated heterocycles. The van der Waals surface area contributed by atoms with Gasteiger partial charge in [-0.15, -0.1) is 0 Å². The van der Waals surface area contributed by atoms with Gasteiger partial charge in [0.2, 0.25) is 0 Å². The largest absolute Gasteiger partial charge is 0.479 e. The Bertz CT molecular complexity index is 493. The van der Waals surface area contributed by atoms with E-state index < -0.39 is 12.1 Å². The van der Waals surface area contributed by atoms with Crippen LogP contribution >= 0.6 is 0 Å². The van der Waals surface area contributed by atoms with Crippen molar-refractivity contribution in [1.29, 1.82) is 0 Å². The van der Waals surface area contributed by atoms with Gasteiger partial charge in [0.1, 0.15) is 5.75 Å². The van der Waals surface area contributed by atoms with E-state index in [1.54, 1.807) is 24.3 Å². The molecule has 1 rings (SSSR count). The molecule has 1 atom stereocenters. The Kier molecular flexibility index (Phi) is 9.81. The van der Waals surface area contributed by atoms with Crippen molar-refractivity contribution < 1.29 is 19.4 Å². The average Bonchev–Trinajstić information content (AvgIpc) is 2.58. The van der Waals surface area contributed by atoms with Gasteiger partial charge >= 0.3 is 5.97 Å². The van der Waals surface area contributed by atoms with Crippen LogP contribution in [0.5, 0.6) is 5.75 Å². The Morgan fingerprint density at radius 3 is 2.17 bits per heavy atom. The molecule has 0 radical (unpaired) electrons. The molecule has 1 aromatic carbocycles. The number of hydrogen-bond acceptors (Lipinski definition) is 3. The molecule has 0 saturated carbocycles. The second-order valence-electron chi connectivity index (χ2n) is 6.20. The van der Waals surface area contributed by atoms with E-state index in [1.165, 1.54) is 19.3 Å². The number of carbonyl (C=O) groups excluding carboxylic acids is 1. The molecule has 1 aromatic rings. The van der Waals surface area contributed by atoms with Crippen molar-refractivity contribution in [3.05, 3.63) is 29.8 Å². The van der Waals surface area contributed by atoms with Gasteiger partial charge in [-0.2, -0.15) is 0 Å². The lowest BCUT2D eigenvalue weighted by molar-refractivity contribution is -0.145. The highest BCUT2D eigenvalue weighted by molar-refractivity contribution is 5.96. The van der Waals surface area contributed by atoms with Gasteiger partial charge in [-0.3, -0.25) is 4.79 Å². The summed E-state index contributed by atoms with van der Waals surface area (Å²) in [5.41, 5.74) is 0.665. The van der Waals surface area contributed by atoms with E-state index in [0.29, 0.717) is 24.2 Å². The maximum atomic E-state index is 12.1. The number of unbranched alkanes of at least 4 members (excludes halogenated alkanes) is 5. The number of hydrogen-bond donors (Lipinski definition) is 1. The Balaban J connectivity index is 2.49. The minimum Gasteiger partial charge on any atom is -0.479 e. The third kappa shape index (κ3) is 7.62. The monoisotopic (exact) mass is 334 g/mol. The summed E-state index contributed by atoms with van der Waals surface area (Å²) in [6.07, 6.45) is 7.60. The lowest BCUT2D eigenvalue weighted by Crippen LogP contribution is -2.26. The van der Waals surface area contributed by atoms with Crippen LogP contribution in [0.1, 0.15) is 82.0 Å². The van der Waals surface area contributed by atoms with E-state index in [2.05, 4.69) is 6.92 Å². The quantitative estimate of drug-likeness (QED) is 0.395. The number of Topliss-reactive ketones (excluding diaryl/α,β-unsaturated/α-hetero) is 1. The molecule has 1 N–H and O–H groups in total. The minimum atomic E-state index is -0.948. The van der Waals surface area contributed by atoms with E-state index >= 15 is 0 Å². The lowest BCUT2D eigenvalue weighted by Gasteiger charge is -2.15. The SMILES string of the molecule is CCCCCCCC(=O)c1ccc(OC(CCCC)C(=O)O)cc1. The van der Waals surface area contributed by atoms with Crippen LogP contribution in [0.15, 0.2) is 24.3 Å². The Morgan fingerprint density at radius 2 is 1.58 bits per heavy atom. The highest BCUT2D eigenvalue weighted by Gasteiger charge is 2.18. The first-order valence-corrected chi connectivity index (χ1v) is 9.11. The lowest BCUT2D eigenvalue weighted by atomic mass is 10.0. The summed E-state index contributed by atoms with van der Waals surface area (Å²) in [7, 11) is 0. The summed E-state index contributed by atoms with van der Waals surface area (Å²) >= 11 is 0. The van der Waals surface area contributed by atoms with Gasteiger partial charge in [-0.1, -0.05) is 46.0 Å². The molecule has 0 spiro atoms. The predicted molar refractivity (Wildman–Crippen MR) is 95.7 cm³/mol. The van der Waals surface area contributed by atoms with Crippen LogP contribution in [0.3, 0.4) is 0 Å². The van der Waals surface area contributed by atoms with Crippen LogP contribution < -0.4 is 4.74 Å². The molecule has 0 amide bonds. The third-order valence-electron chi connectivity index (χ3n) is 4.06. The molecule has 4 heteroatoms. The normalized spacial score (nSPS) is 11.9. The molecule has 0 fully saturated rings. The topological polar surface area (TPSA) is 63.6 Å². The molecule has 24 heavy (non-hydrogen) atoms. The summed E-state index contributed by atoms with van der Waals surface area (Å²) in [4.78, 5) is 23.3. The van der Waals surface area contributed by atoms with Crippen LogP contribution in [0.25, 0.3) is 0 Å². The van der Waals surface area contributed by atoms with Gasteiger partial charge in [-0.25, -0.2) is 4.79 Å². The van der Waals surface area contributed by atoms with E-state index in [-0.39, 0.29) is 5.78 Å². The van der Waals surface area contributed by atoms with Crippen LogP contribution in [0, 0.1) is 0 Å². The summed E-state index contributed by atoms with van der Waals surface area (Å²) in [6, 6.07) is 6.82. The molecule has 0 heterocycles. The van der Waals surface area contributed by atoms with Crippen molar-refractivity contribution in [3.63, 3.8) is 0 Å². The molecule has 0 aliphatic heterocycles. The molecular weight excluding hydrogens is 304 g/mol. The zero-order valence-corrected chi connectivity index (χ0v) is 14.9. The average molecular weight is 334 g/mol. The van der Waals surface area contributed by atoms with Gasteiger partial charge in [-0.05, 0) is 43.5 Å². The summed E-state index contributed by atoms with van der Waals surface area (Å²) in [5.74, 6) is -0.313. The number of ether oxygens (including phenoxy) is 1. The number of carboxylic acids is 1. The summed E-state index contributed by atoms with van der Waals surface area (Å²) in [5, 5.41) is 9.18. The van der Waals surface area contributed by atoms with Gasteiger partial charge in [0.05, 0.1) is 0 Å². The first-order chi connectivity index (χ1) is 11.6.